The molecule has 0 aromatic heterocycles. The summed E-state index contributed by atoms with van der Waals surface area (Å²) in [5.41, 5.74) is 1.84. The molecule has 0 aliphatic carbocycles. The minimum atomic E-state index is -0.148. The van der Waals surface area contributed by atoms with Gasteiger partial charge in [0, 0.05) is 5.69 Å². The second-order valence-corrected chi connectivity index (χ2v) is 5.02. The summed E-state index contributed by atoms with van der Waals surface area (Å²) in [4.78, 5) is 12.0. The first-order chi connectivity index (χ1) is 10.6. The Hall–Kier alpha value is -2.51. The van der Waals surface area contributed by atoms with Crippen LogP contribution < -0.4 is 10.1 Å². The summed E-state index contributed by atoms with van der Waals surface area (Å²) in [6.45, 7) is 2.53. The van der Waals surface area contributed by atoms with Crippen LogP contribution in [-0.4, -0.2) is 12.5 Å². The van der Waals surface area contributed by atoms with Gasteiger partial charge in [0.1, 0.15) is 11.8 Å². The average Bonchev–Trinajstić information content (AvgIpc) is 2.50. The van der Waals surface area contributed by atoms with Gasteiger partial charge >= 0.3 is 0 Å². The predicted octanol–water partition coefficient (Wildman–Crippen LogP) is 3.79. The summed E-state index contributed by atoms with van der Waals surface area (Å²) >= 11 is 5.93. The lowest BCUT2D eigenvalue weighted by atomic mass is 10.1. The van der Waals surface area contributed by atoms with Crippen LogP contribution in [-0.2, 0) is 11.2 Å². The molecule has 2 aromatic carbocycles. The number of rotatable bonds is 5. The maximum absolute atomic E-state index is 12.0. The van der Waals surface area contributed by atoms with Gasteiger partial charge in [0.25, 0.3) is 0 Å². The van der Waals surface area contributed by atoms with Crippen molar-refractivity contribution in [3.63, 3.8) is 0 Å². The second kappa shape index (κ2) is 7.48. The maximum Gasteiger partial charge on any atom is 0.228 e. The first-order valence-electron chi connectivity index (χ1n) is 6.83. The van der Waals surface area contributed by atoms with Crippen molar-refractivity contribution in [2.24, 2.45) is 0 Å². The molecule has 0 radical (unpaired) electrons. The molecule has 112 valence electrons. The summed E-state index contributed by atoms with van der Waals surface area (Å²) < 4.78 is 5.35. The maximum atomic E-state index is 12.0. The molecule has 2 aromatic rings. The number of hydrogen-bond donors (Lipinski definition) is 1. The number of nitrogens with zero attached hydrogens (tertiary/aromatic N) is 1. The molecule has 0 saturated heterocycles. The molecular formula is C17H15ClN2O2. The van der Waals surface area contributed by atoms with Gasteiger partial charge in [-0.3, -0.25) is 4.79 Å². The highest BCUT2D eigenvalue weighted by Gasteiger charge is 2.06. The van der Waals surface area contributed by atoms with E-state index >= 15 is 0 Å². The predicted molar refractivity (Wildman–Crippen MR) is 86.1 cm³/mol. The van der Waals surface area contributed by atoms with E-state index in [1.165, 1.54) is 0 Å². The standard InChI is InChI=1S/C17H15ClN2O2/c1-2-22-15-7-3-12(4-8-15)9-17(21)20-14-6-5-13(11-19)16(18)10-14/h3-8,10H,2,9H2,1H3,(H,20,21). The Kier molecular flexibility index (Phi) is 5.40. The monoisotopic (exact) mass is 314 g/mol. The molecule has 0 aliphatic rings. The summed E-state index contributed by atoms with van der Waals surface area (Å²) in [5.74, 6) is 0.635. The number of nitriles is 1. The Morgan fingerprint density at radius 2 is 2.00 bits per heavy atom. The smallest absolute Gasteiger partial charge is 0.228 e. The minimum Gasteiger partial charge on any atom is -0.494 e. The van der Waals surface area contributed by atoms with Gasteiger partial charge in [-0.15, -0.1) is 0 Å². The molecule has 22 heavy (non-hydrogen) atoms. The topological polar surface area (TPSA) is 62.1 Å². The molecule has 0 unspecified atom stereocenters. The third-order valence-corrected chi connectivity index (χ3v) is 3.29. The van der Waals surface area contributed by atoms with E-state index in [0.29, 0.717) is 22.9 Å². The number of benzene rings is 2. The van der Waals surface area contributed by atoms with Crippen LogP contribution >= 0.6 is 11.6 Å². The minimum absolute atomic E-state index is 0.148. The van der Waals surface area contributed by atoms with E-state index in [1.54, 1.807) is 18.2 Å². The lowest BCUT2D eigenvalue weighted by Gasteiger charge is -2.07. The van der Waals surface area contributed by atoms with Crippen LogP contribution in [0.4, 0.5) is 5.69 Å². The van der Waals surface area contributed by atoms with Crippen molar-refractivity contribution in [3.05, 3.63) is 58.6 Å². The van der Waals surface area contributed by atoms with Crippen molar-refractivity contribution in [1.82, 2.24) is 0 Å². The number of halogens is 1. The molecule has 4 nitrogen and oxygen atoms in total. The number of anilines is 1. The summed E-state index contributed by atoms with van der Waals surface area (Å²) in [6, 6.07) is 14.2. The summed E-state index contributed by atoms with van der Waals surface area (Å²) in [7, 11) is 0. The lowest BCUT2D eigenvalue weighted by molar-refractivity contribution is -0.115. The normalized spacial score (nSPS) is 9.86. The zero-order valence-electron chi connectivity index (χ0n) is 12.1. The Balaban J connectivity index is 1.98. The molecule has 2 rings (SSSR count). The van der Waals surface area contributed by atoms with Crippen LogP contribution in [0.25, 0.3) is 0 Å². The van der Waals surface area contributed by atoms with Crippen LogP contribution in [0.1, 0.15) is 18.1 Å². The van der Waals surface area contributed by atoms with Crippen LogP contribution in [0.3, 0.4) is 0 Å². The molecule has 0 saturated carbocycles. The average molecular weight is 315 g/mol. The molecule has 0 atom stereocenters. The number of nitrogens with one attached hydrogen (secondary N) is 1. The molecule has 1 amide bonds. The fourth-order valence-corrected chi connectivity index (χ4v) is 2.17. The first-order valence-corrected chi connectivity index (χ1v) is 7.21. The van der Waals surface area contributed by atoms with Crippen LogP contribution in [0, 0.1) is 11.3 Å². The highest BCUT2D eigenvalue weighted by atomic mass is 35.5. The molecular weight excluding hydrogens is 300 g/mol. The van der Waals surface area contributed by atoms with Gasteiger partial charge in [0.2, 0.25) is 5.91 Å². The highest BCUT2D eigenvalue weighted by Crippen LogP contribution is 2.20. The van der Waals surface area contributed by atoms with E-state index in [9.17, 15) is 4.79 Å². The number of hydrogen-bond acceptors (Lipinski definition) is 3. The zero-order chi connectivity index (χ0) is 15.9. The van der Waals surface area contributed by atoms with Gasteiger partial charge in [-0.1, -0.05) is 23.7 Å². The summed E-state index contributed by atoms with van der Waals surface area (Å²) in [6.07, 6.45) is 0.254. The molecule has 0 fully saturated rings. The van der Waals surface area contributed by atoms with Crippen molar-refractivity contribution >= 4 is 23.2 Å². The van der Waals surface area contributed by atoms with E-state index in [4.69, 9.17) is 21.6 Å². The first kappa shape index (κ1) is 15.9. The number of carbonyl (C=O) groups excluding carboxylic acids is 1. The van der Waals surface area contributed by atoms with Crippen molar-refractivity contribution in [1.29, 1.82) is 5.26 Å². The van der Waals surface area contributed by atoms with Crippen LogP contribution in [0.2, 0.25) is 5.02 Å². The van der Waals surface area contributed by atoms with Gasteiger partial charge in [-0.2, -0.15) is 5.26 Å². The van der Waals surface area contributed by atoms with Crippen LogP contribution in [0.15, 0.2) is 42.5 Å². The van der Waals surface area contributed by atoms with E-state index in [0.717, 1.165) is 11.3 Å². The largest absolute Gasteiger partial charge is 0.494 e. The fourth-order valence-electron chi connectivity index (χ4n) is 1.94. The third kappa shape index (κ3) is 4.24. The van der Waals surface area contributed by atoms with E-state index in [2.05, 4.69) is 5.32 Å². The van der Waals surface area contributed by atoms with Gasteiger partial charge in [0.05, 0.1) is 23.6 Å². The number of carbonyl (C=O) groups is 1. The van der Waals surface area contributed by atoms with E-state index in [1.807, 2.05) is 37.3 Å². The lowest BCUT2D eigenvalue weighted by Crippen LogP contribution is -2.14. The van der Waals surface area contributed by atoms with E-state index < -0.39 is 0 Å². The Labute approximate surface area is 134 Å². The number of ether oxygens (including phenoxy) is 1. The van der Waals surface area contributed by atoms with Gasteiger partial charge in [-0.25, -0.2) is 0 Å². The van der Waals surface area contributed by atoms with Crippen molar-refractivity contribution in [3.8, 4) is 11.8 Å². The molecule has 0 aliphatic heterocycles. The quantitative estimate of drug-likeness (QED) is 0.913. The Morgan fingerprint density at radius 3 is 2.59 bits per heavy atom. The second-order valence-electron chi connectivity index (χ2n) is 4.61. The van der Waals surface area contributed by atoms with Gasteiger partial charge < -0.3 is 10.1 Å². The molecule has 0 bridgehead atoms. The van der Waals surface area contributed by atoms with Crippen molar-refractivity contribution in [2.75, 3.05) is 11.9 Å². The third-order valence-electron chi connectivity index (χ3n) is 2.97. The zero-order valence-corrected chi connectivity index (χ0v) is 12.9. The molecule has 5 heteroatoms. The van der Waals surface area contributed by atoms with Crippen molar-refractivity contribution < 1.29 is 9.53 Å². The molecule has 0 heterocycles. The highest BCUT2D eigenvalue weighted by molar-refractivity contribution is 6.32. The Morgan fingerprint density at radius 1 is 1.27 bits per heavy atom. The number of amides is 1. The Bertz CT molecular complexity index is 706. The van der Waals surface area contributed by atoms with Gasteiger partial charge in [-0.05, 0) is 42.8 Å². The fraction of sp³-hybridized carbons (Fsp3) is 0.176. The molecule has 1 N–H and O–H groups in total. The van der Waals surface area contributed by atoms with E-state index in [-0.39, 0.29) is 12.3 Å². The SMILES string of the molecule is CCOc1ccc(CC(=O)Nc2ccc(C#N)c(Cl)c2)cc1. The summed E-state index contributed by atoms with van der Waals surface area (Å²) in [5, 5.41) is 11.9. The van der Waals surface area contributed by atoms with Gasteiger partial charge in [0.15, 0.2) is 0 Å². The van der Waals surface area contributed by atoms with Crippen LogP contribution in [0.5, 0.6) is 5.75 Å². The molecule has 0 spiro atoms. The van der Waals surface area contributed by atoms with Crippen molar-refractivity contribution in [2.45, 2.75) is 13.3 Å².